The van der Waals surface area contributed by atoms with Gasteiger partial charge in [0.05, 0.1) is 6.67 Å². The van der Waals surface area contributed by atoms with Crippen molar-refractivity contribution in [3.63, 3.8) is 0 Å². The molecule has 104 valence electrons. The highest BCUT2D eigenvalue weighted by Gasteiger charge is 2.34. The van der Waals surface area contributed by atoms with Crippen molar-refractivity contribution < 1.29 is 9.59 Å². The zero-order valence-electron chi connectivity index (χ0n) is 11.2. The van der Waals surface area contributed by atoms with Gasteiger partial charge in [-0.25, -0.2) is 9.69 Å². The number of nitrogens with zero attached hydrogens (tertiary/aromatic N) is 2. The minimum atomic E-state index is -0.330. The minimum Gasteiger partial charge on any atom is -0.303 e. The summed E-state index contributed by atoms with van der Waals surface area (Å²) >= 11 is 0. The lowest BCUT2D eigenvalue weighted by molar-refractivity contribution is -0.124. The Morgan fingerprint density at radius 2 is 1.80 bits per heavy atom. The summed E-state index contributed by atoms with van der Waals surface area (Å²) in [5.41, 5.74) is 1.25. The molecule has 0 aliphatic carbocycles. The molecule has 2 fully saturated rings. The predicted molar refractivity (Wildman–Crippen MR) is 75.5 cm³/mol. The van der Waals surface area contributed by atoms with Crippen LogP contribution in [0.1, 0.15) is 18.4 Å². The summed E-state index contributed by atoms with van der Waals surface area (Å²) in [6, 6.07) is 9.18. The molecular weight excluding hydrogens is 254 g/mol. The van der Waals surface area contributed by atoms with Crippen LogP contribution in [0.2, 0.25) is 0 Å². The molecule has 0 radical (unpaired) electrons. The van der Waals surface area contributed by atoms with Gasteiger partial charge in [-0.1, -0.05) is 30.3 Å². The summed E-state index contributed by atoms with van der Waals surface area (Å²) < 4.78 is 0. The van der Waals surface area contributed by atoms with Crippen molar-refractivity contribution in [2.75, 3.05) is 19.8 Å². The number of urea groups is 1. The molecule has 2 heterocycles. The number of nitrogens with one attached hydrogen (secondary N) is 1. The Hall–Kier alpha value is -2.14. The van der Waals surface area contributed by atoms with Gasteiger partial charge in [-0.05, 0) is 37.6 Å². The molecule has 0 unspecified atom stereocenters. The van der Waals surface area contributed by atoms with Crippen molar-refractivity contribution in [1.29, 1.82) is 0 Å². The first kappa shape index (κ1) is 12.9. The Labute approximate surface area is 117 Å². The third kappa shape index (κ3) is 2.58. The van der Waals surface area contributed by atoms with E-state index in [-0.39, 0.29) is 11.9 Å². The molecule has 2 aliphatic rings. The molecule has 2 aliphatic heterocycles. The quantitative estimate of drug-likeness (QED) is 0.671. The first-order valence-corrected chi connectivity index (χ1v) is 6.86. The summed E-state index contributed by atoms with van der Waals surface area (Å²) in [7, 11) is 0. The number of likely N-dealkylation sites (tertiary alicyclic amines) is 1. The summed E-state index contributed by atoms with van der Waals surface area (Å²) in [6.07, 6.45) is 3.98. The SMILES string of the molecule is O=C1N/C(=C/c2ccccc2)C(=O)N1CN1CCCC1. The van der Waals surface area contributed by atoms with Crippen LogP contribution in [-0.2, 0) is 4.79 Å². The maximum absolute atomic E-state index is 12.3. The zero-order chi connectivity index (χ0) is 13.9. The Balaban J connectivity index is 1.74. The van der Waals surface area contributed by atoms with Crippen LogP contribution in [0.15, 0.2) is 36.0 Å². The summed E-state index contributed by atoms with van der Waals surface area (Å²) in [6.45, 7) is 2.29. The molecule has 1 aromatic carbocycles. The Kier molecular flexibility index (Phi) is 3.52. The predicted octanol–water partition coefficient (Wildman–Crippen LogP) is 1.63. The van der Waals surface area contributed by atoms with Gasteiger partial charge in [0.25, 0.3) is 5.91 Å². The lowest BCUT2D eigenvalue weighted by atomic mass is 10.2. The van der Waals surface area contributed by atoms with Gasteiger partial charge >= 0.3 is 6.03 Å². The molecule has 3 amide bonds. The summed E-state index contributed by atoms with van der Waals surface area (Å²) in [5.74, 6) is -0.245. The van der Waals surface area contributed by atoms with Crippen LogP contribution in [0.3, 0.4) is 0 Å². The Bertz CT molecular complexity index is 547. The van der Waals surface area contributed by atoms with E-state index < -0.39 is 0 Å². The van der Waals surface area contributed by atoms with E-state index in [1.54, 1.807) is 6.08 Å². The fourth-order valence-corrected chi connectivity index (χ4v) is 2.54. The van der Waals surface area contributed by atoms with Crippen LogP contribution in [-0.4, -0.2) is 41.5 Å². The van der Waals surface area contributed by atoms with Crippen LogP contribution in [0, 0.1) is 0 Å². The number of hydrogen-bond acceptors (Lipinski definition) is 3. The van der Waals surface area contributed by atoms with Gasteiger partial charge in [0.1, 0.15) is 5.70 Å². The first-order chi connectivity index (χ1) is 9.74. The molecule has 0 aromatic heterocycles. The van der Waals surface area contributed by atoms with Crippen LogP contribution in [0.4, 0.5) is 4.79 Å². The Morgan fingerprint density at radius 1 is 1.10 bits per heavy atom. The number of imide groups is 1. The van der Waals surface area contributed by atoms with E-state index in [1.165, 1.54) is 4.90 Å². The van der Waals surface area contributed by atoms with E-state index >= 15 is 0 Å². The lowest BCUT2D eigenvalue weighted by Crippen LogP contribution is -2.40. The van der Waals surface area contributed by atoms with Crippen LogP contribution in [0.25, 0.3) is 6.08 Å². The molecule has 5 heteroatoms. The van der Waals surface area contributed by atoms with E-state index in [0.717, 1.165) is 31.5 Å². The molecule has 1 N–H and O–H groups in total. The largest absolute Gasteiger partial charge is 0.330 e. The average Bonchev–Trinajstić information content (AvgIpc) is 3.05. The molecular formula is C15H17N3O2. The maximum atomic E-state index is 12.3. The third-order valence-corrected chi connectivity index (χ3v) is 3.61. The summed E-state index contributed by atoms with van der Waals surface area (Å²) in [4.78, 5) is 27.6. The highest BCUT2D eigenvalue weighted by Crippen LogP contribution is 2.16. The van der Waals surface area contributed by atoms with Crippen LogP contribution in [0.5, 0.6) is 0 Å². The molecule has 5 nitrogen and oxygen atoms in total. The summed E-state index contributed by atoms with van der Waals surface area (Å²) in [5, 5.41) is 2.65. The van der Waals surface area contributed by atoms with Crippen LogP contribution < -0.4 is 5.32 Å². The number of hydrogen-bond donors (Lipinski definition) is 1. The van der Waals surface area contributed by atoms with Crippen molar-refractivity contribution in [3.8, 4) is 0 Å². The maximum Gasteiger partial charge on any atom is 0.330 e. The highest BCUT2D eigenvalue weighted by molar-refractivity contribution is 6.13. The lowest BCUT2D eigenvalue weighted by Gasteiger charge is -2.20. The fraction of sp³-hybridized carbons (Fsp3) is 0.333. The van der Waals surface area contributed by atoms with E-state index in [4.69, 9.17) is 0 Å². The van der Waals surface area contributed by atoms with Gasteiger partial charge < -0.3 is 5.32 Å². The molecule has 3 rings (SSSR count). The minimum absolute atomic E-state index is 0.245. The fourth-order valence-electron chi connectivity index (χ4n) is 2.54. The number of amides is 3. The van der Waals surface area contributed by atoms with Crippen molar-refractivity contribution in [2.45, 2.75) is 12.8 Å². The van der Waals surface area contributed by atoms with E-state index in [0.29, 0.717) is 12.4 Å². The van der Waals surface area contributed by atoms with Crippen molar-refractivity contribution in [2.24, 2.45) is 0 Å². The zero-order valence-corrected chi connectivity index (χ0v) is 11.2. The molecule has 20 heavy (non-hydrogen) atoms. The number of carbonyl (C=O) groups excluding carboxylic acids is 2. The molecule has 2 saturated heterocycles. The van der Waals surface area contributed by atoms with E-state index in [1.807, 2.05) is 30.3 Å². The van der Waals surface area contributed by atoms with Crippen molar-refractivity contribution in [1.82, 2.24) is 15.1 Å². The highest BCUT2D eigenvalue weighted by atomic mass is 16.2. The number of rotatable bonds is 3. The normalized spacial score (nSPS) is 21.8. The number of benzene rings is 1. The van der Waals surface area contributed by atoms with Gasteiger partial charge in [-0.15, -0.1) is 0 Å². The Morgan fingerprint density at radius 3 is 2.50 bits per heavy atom. The van der Waals surface area contributed by atoms with Crippen molar-refractivity contribution in [3.05, 3.63) is 41.6 Å². The van der Waals surface area contributed by atoms with Gasteiger partial charge in [0.2, 0.25) is 0 Å². The van der Waals surface area contributed by atoms with E-state index in [9.17, 15) is 9.59 Å². The van der Waals surface area contributed by atoms with Gasteiger partial charge in [0, 0.05) is 0 Å². The van der Waals surface area contributed by atoms with E-state index in [2.05, 4.69) is 10.2 Å². The van der Waals surface area contributed by atoms with Gasteiger partial charge in [-0.3, -0.25) is 9.69 Å². The monoisotopic (exact) mass is 271 g/mol. The molecule has 0 spiro atoms. The number of carbonyl (C=O) groups is 2. The molecule has 0 bridgehead atoms. The van der Waals surface area contributed by atoms with Crippen molar-refractivity contribution >= 4 is 18.0 Å². The smallest absolute Gasteiger partial charge is 0.303 e. The topological polar surface area (TPSA) is 52.7 Å². The standard InChI is InChI=1S/C15H17N3O2/c19-14-13(10-12-6-2-1-3-7-12)16-15(20)18(14)11-17-8-4-5-9-17/h1-3,6-7,10H,4-5,8-9,11H2,(H,16,20)/b13-10+. The molecule has 0 atom stereocenters. The molecule has 0 saturated carbocycles. The second-order valence-corrected chi connectivity index (χ2v) is 5.10. The average molecular weight is 271 g/mol. The van der Waals surface area contributed by atoms with Gasteiger partial charge in [0.15, 0.2) is 0 Å². The second-order valence-electron chi connectivity index (χ2n) is 5.10. The van der Waals surface area contributed by atoms with Crippen LogP contribution >= 0.6 is 0 Å². The second kappa shape index (κ2) is 5.46. The molecule has 1 aromatic rings. The third-order valence-electron chi connectivity index (χ3n) is 3.61. The van der Waals surface area contributed by atoms with Gasteiger partial charge in [-0.2, -0.15) is 0 Å². The first-order valence-electron chi connectivity index (χ1n) is 6.86.